The molecule has 1 aromatic carbocycles. The van der Waals surface area contributed by atoms with Crippen LogP contribution in [0.5, 0.6) is 0 Å². The highest BCUT2D eigenvalue weighted by Crippen LogP contribution is 2.49. The second kappa shape index (κ2) is 5.35. The van der Waals surface area contributed by atoms with Crippen LogP contribution in [0.1, 0.15) is 17.9 Å². The van der Waals surface area contributed by atoms with Crippen molar-refractivity contribution < 1.29 is 4.79 Å². The predicted molar refractivity (Wildman–Crippen MR) is 83.9 cm³/mol. The highest BCUT2D eigenvalue weighted by atomic mass is 35.5. The summed E-state index contributed by atoms with van der Waals surface area (Å²) in [7, 11) is 3.59. The average molecular weight is 324 g/mol. The Balaban J connectivity index is 1.78. The lowest BCUT2D eigenvalue weighted by Gasteiger charge is -2.20. The molecular formula is C15H15Cl2N3O. The van der Waals surface area contributed by atoms with E-state index in [1.54, 1.807) is 34.8 Å². The molecule has 0 saturated heterocycles. The zero-order valence-corrected chi connectivity index (χ0v) is 13.3. The minimum Gasteiger partial charge on any atom is -0.312 e. The van der Waals surface area contributed by atoms with Crippen molar-refractivity contribution in [3.63, 3.8) is 0 Å². The minimum atomic E-state index is -0.0217. The highest BCUT2D eigenvalue weighted by Gasteiger charge is 2.46. The molecule has 21 heavy (non-hydrogen) atoms. The van der Waals surface area contributed by atoms with Crippen LogP contribution in [0, 0.1) is 5.92 Å². The Morgan fingerprint density at radius 3 is 2.62 bits per heavy atom. The maximum Gasteiger partial charge on any atom is 0.230 e. The van der Waals surface area contributed by atoms with E-state index in [0.29, 0.717) is 15.7 Å². The SMILES string of the molecule is CN(C(=O)[C@@H]1C[C@H]1c1cnn(C)c1)c1c(Cl)cccc1Cl. The molecule has 0 aliphatic heterocycles. The minimum absolute atomic E-state index is 0.0217. The van der Waals surface area contributed by atoms with Crippen molar-refractivity contribution in [3.8, 4) is 0 Å². The zero-order chi connectivity index (χ0) is 15.1. The molecule has 1 heterocycles. The molecule has 0 radical (unpaired) electrons. The van der Waals surface area contributed by atoms with E-state index >= 15 is 0 Å². The summed E-state index contributed by atoms with van der Waals surface area (Å²) >= 11 is 12.3. The van der Waals surface area contributed by atoms with Crippen LogP contribution in [-0.2, 0) is 11.8 Å². The summed E-state index contributed by atoms with van der Waals surface area (Å²) in [4.78, 5) is 14.1. The van der Waals surface area contributed by atoms with Gasteiger partial charge in [0.2, 0.25) is 5.91 Å². The second-order valence-corrected chi connectivity index (χ2v) is 6.18. The van der Waals surface area contributed by atoms with E-state index < -0.39 is 0 Å². The Labute approximate surface area is 133 Å². The van der Waals surface area contributed by atoms with Crippen LogP contribution in [0.4, 0.5) is 5.69 Å². The quantitative estimate of drug-likeness (QED) is 0.867. The summed E-state index contributed by atoms with van der Waals surface area (Å²) in [6.07, 6.45) is 4.62. The van der Waals surface area contributed by atoms with E-state index in [1.165, 1.54) is 0 Å². The highest BCUT2D eigenvalue weighted by molar-refractivity contribution is 6.39. The average Bonchev–Trinajstić information content (AvgIpc) is 3.12. The number of aryl methyl sites for hydroxylation is 1. The third kappa shape index (κ3) is 2.65. The lowest BCUT2D eigenvalue weighted by atomic mass is 10.2. The maximum absolute atomic E-state index is 12.6. The number of nitrogens with zero attached hydrogens (tertiary/aromatic N) is 3. The van der Waals surface area contributed by atoms with Crippen LogP contribution in [0.2, 0.25) is 10.0 Å². The van der Waals surface area contributed by atoms with Crippen molar-refractivity contribution in [3.05, 3.63) is 46.2 Å². The Bertz CT molecular complexity index is 678. The molecule has 1 aromatic heterocycles. The molecule has 0 N–H and O–H groups in total. The summed E-state index contributed by atoms with van der Waals surface area (Å²) < 4.78 is 1.75. The van der Waals surface area contributed by atoms with Gasteiger partial charge in [-0.25, -0.2) is 0 Å². The summed E-state index contributed by atoms with van der Waals surface area (Å²) in [6, 6.07) is 5.23. The third-order valence-corrected chi connectivity index (χ3v) is 4.47. The normalized spacial score (nSPS) is 20.4. The first-order chi connectivity index (χ1) is 9.99. The molecular weight excluding hydrogens is 309 g/mol. The smallest absolute Gasteiger partial charge is 0.230 e. The standard InChI is InChI=1S/C15H15Cl2N3O/c1-19-8-9(7-18-19)10-6-11(10)15(21)20(2)14-12(16)4-3-5-13(14)17/h3-5,7-8,10-11H,6H2,1-2H3/t10-,11+/m0/s1. The number of carbonyl (C=O) groups is 1. The summed E-state index contributed by atoms with van der Waals surface area (Å²) in [5.41, 5.74) is 1.68. The van der Waals surface area contributed by atoms with Crippen molar-refractivity contribution in [2.75, 3.05) is 11.9 Å². The van der Waals surface area contributed by atoms with Crippen LogP contribution in [-0.4, -0.2) is 22.7 Å². The van der Waals surface area contributed by atoms with Gasteiger partial charge in [-0.15, -0.1) is 0 Å². The first-order valence-electron chi connectivity index (χ1n) is 6.69. The van der Waals surface area contributed by atoms with Gasteiger partial charge < -0.3 is 4.90 Å². The number of hydrogen-bond acceptors (Lipinski definition) is 2. The van der Waals surface area contributed by atoms with Crippen LogP contribution in [0.25, 0.3) is 0 Å². The molecule has 0 bridgehead atoms. The summed E-state index contributed by atoms with van der Waals surface area (Å²) in [5, 5.41) is 5.12. The molecule has 2 atom stereocenters. The van der Waals surface area contributed by atoms with E-state index in [9.17, 15) is 4.79 Å². The van der Waals surface area contributed by atoms with Gasteiger partial charge >= 0.3 is 0 Å². The van der Waals surface area contributed by atoms with Crippen LogP contribution in [0.3, 0.4) is 0 Å². The van der Waals surface area contributed by atoms with Crippen molar-refractivity contribution in [1.29, 1.82) is 0 Å². The number of amides is 1. The number of rotatable bonds is 3. The largest absolute Gasteiger partial charge is 0.312 e. The first-order valence-corrected chi connectivity index (χ1v) is 7.44. The molecule has 1 fully saturated rings. The lowest BCUT2D eigenvalue weighted by molar-refractivity contribution is -0.119. The second-order valence-electron chi connectivity index (χ2n) is 5.36. The van der Waals surface area contributed by atoms with Crippen molar-refractivity contribution in [1.82, 2.24) is 9.78 Å². The number of carbonyl (C=O) groups excluding carboxylic acids is 1. The molecule has 1 aliphatic carbocycles. The summed E-state index contributed by atoms with van der Waals surface area (Å²) in [5.74, 6) is 0.264. The van der Waals surface area contributed by atoms with Gasteiger partial charge in [-0.2, -0.15) is 5.10 Å². The van der Waals surface area contributed by atoms with E-state index in [0.717, 1.165) is 12.0 Å². The van der Waals surface area contributed by atoms with Gasteiger partial charge in [0.05, 0.1) is 21.9 Å². The first kappa shape index (κ1) is 14.4. The number of hydrogen-bond donors (Lipinski definition) is 0. The summed E-state index contributed by atoms with van der Waals surface area (Å²) in [6.45, 7) is 0. The molecule has 0 unspecified atom stereocenters. The van der Waals surface area contributed by atoms with Crippen LogP contribution < -0.4 is 4.90 Å². The van der Waals surface area contributed by atoms with Gasteiger partial charge in [0, 0.05) is 26.2 Å². The van der Waals surface area contributed by atoms with Gasteiger partial charge in [-0.05, 0) is 30.0 Å². The van der Waals surface area contributed by atoms with Gasteiger partial charge in [0.15, 0.2) is 0 Å². The van der Waals surface area contributed by atoms with E-state index in [1.807, 2.05) is 19.4 Å². The Morgan fingerprint density at radius 1 is 1.38 bits per heavy atom. The molecule has 1 aliphatic rings. The maximum atomic E-state index is 12.6. The van der Waals surface area contributed by atoms with Crippen molar-refractivity contribution in [2.24, 2.45) is 13.0 Å². The van der Waals surface area contributed by atoms with Gasteiger partial charge in [0.1, 0.15) is 0 Å². The van der Waals surface area contributed by atoms with Crippen molar-refractivity contribution >= 4 is 34.8 Å². The van der Waals surface area contributed by atoms with E-state index in [4.69, 9.17) is 23.2 Å². The fraction of sp³-hybridized carbons (Fsp3) is 0.333. The number of anilines is 1. The van der Waals surface area contributed by atoms with Crippen LogP contribution in [0.15, 0.2) is 30.6 Å². The molecule has 6 heteroatoms. The van der Waals surface area contributed by atoms with E-state index in [-0.39, 0.29) is 17.7 Å². The lowest BCUT2D eigenvalue weighted by Crippen LogP contribution is -2.28. The zero-order valence-electron chi connectivity index (χ0n) is 11.8. The Hall–Kier alpha value is -1.52. The monoisotopic (exact) mass is 323 g/mol. The number of para-hydroxylation sites is 1. The topological polar surface area (TPSA) is 38.1 Å². The Morgan fingerprint density at radius 2 is 2.05 bits per heavy atom. The van der Waals surface area contributed by atoms with Gasteiger partial charge in [-0.3, -0.25) is 9.48 Å². The molecule has 4 nitrogen and oxygen atoms in total. The van der Waals surface area contributed by atoms with Gasteiger partial charge in [-0.1, -0.05) is 29.3 Å². The molecule has 110 valence electrons. The molecule has 2 aromatic rings. The molecule has 1 amide bonds. The predicted octanol–water partition coefficient (Wildman–Crippen LogP) is 3.49. The molecule has 0 spiro atoms. The van der Waals surface area contributed by atoms with Crippen molar-refractivity contribution in [2.45, 2.75) is 12.3 Å². The number of aromatic nitrogens is 2. The van der Waals surface area contributed by atoms with Crippen LogP contribution >= 0.6 is 23.2 Å². The fourth-order valence-corrected chi connectivity index (χ4v) is 3.29. The third-order valence-electron chi connectivity index (χ3n) is 3.86. The Kier molecular flexibility index (Phi) is 3.68. The number of benzene rings is 1. The molecule has 3 rings (SSSR count). The van der Waals surface area contributed by atoms with Gasteiger partial charge in [0.25, 0.3) is 0 Å². The number of halogens is 2. The fourth-order valence-electron chi connectivity index (χ4n) is 2.64. The van der Waals surface area contributed by atoms with E-state index in [2.05, 4.69) is 5.10 Å². The molecule has 1 saturated carbocycles.